The van der Waals surface area contributed by atoms with E-state index < -0.39 is 0 Å². The quantitative estimate of drug-likeness (QED) is 0.854. The summed E-state index contributed by atoms with van der Waals surface area (Å²) in [5.41, 5.74) is 1.20. The van der Waals surface area contributed by atoms with E-state index >= 15 is 0 Å². The summed E-state index contributed by atoms with van der Waals surface area (Å²) in [7, 11) is 3.35. The highest BCUT2D eigenvalue weighted by Crippen LogP contribution is 2.25. The Balaban J connectivity index is 2.15. The van der Waals surface area contributed by atoms with Crippen LogP contribution in [-0.4, -0.2) is 50.6 Å². The number of ether oxygens (including phenoxy) is 1. The molecule has 1 amide bonds. The second-order valence-electron chi connectivity index (χ2n) is 5.02. The summed E-state index contributed by atoms with van der Waals surface area (Å²) in [5.74, 6) is 0.918. The minimum Gasteiger partial charge on any atom is -0.497 e. The maximum absolute atomic E-state index is 12.0. The molecule has 5 nitrogen and oxygen atoms in total. The van der Waals surface area contributed by atoms with Gasteiger partial charge in [-0.1, -0.05) is 12.1 Å². The van der Waals surface area contributed by atoms with Gasteiger partial charge in [-0.2, -0.15) is 0 Å². The second-order valence-corrected chi connectivity index (χ2v) is 5.02. The molecule has 1 aliphatic rings. The molecular weight excluding hydrogens is 254 g/mol. The zero-order valence-electron chi connectivity index (χ0n) is 12.3. The van der Waals surface area contributed by atoms with Crippen molar-refractivity contribution in [2.75, 3.05) is 33.8 Å². The first-order valence-corrected chi connectivity index (χ1v) is 6.99. The van der Waals surface area contributed by atoms with Crippen LogP contribution in [-0.2, 0) is 4.79 Å². The molecule has 0 aromatic heterocycles. The molecule has 1 aliphatic heterocycles. The van der Waals surface area contributed by atoms with Gasteiger partial charge in [-0.3, -0.25) is 9.69 Å². The van der Waals surface area contributed by atoms with E-state index in [1.165, 1.54) is 5.56 Å². The molecule has 0 aliphatic carbocycles. The topological polar surface area (TPSA) is 53.6 Å². The normalized spacial score (nSPS) is 21.2. The van der Waals surface area contributed by atoms with Crippen molar-refractivity contribution in [3.8, 4) is 5.75 Å². The first kappa shape index (κ1) is 14.8. The van der Waals surface area contributed by atoms with Gasteiger partial charge < -0.3 is 15.4 Å². The zero-order valence-corrected chi connectivity index (χ0v) is 12.3. The van der Waals surface area contributed by atoms with E-state index in [9.17, 15) is 4.79 Å². The van der Waals surface area contributed by atoms with Gasteiger partial charge in [-0.15, -0.1) is 0 Å². The summed E-state index contributed by atoms with van der Waals surface area (Å²) in [6.45, 7) is 4.61. The van der Waals surface area contributed by atoms with Crippen molar-refractivity contribution in [3.05, 3.63) is 29.8 Å². The Bertz CT molecular complexity index is 447. The number of piperazine rings is 1. The predicted molar refractivity (Wildman–Crippen MR) is 78.8 cm³/mol. The SMILES string of the molecule is CNC(=O)C1CNCCN1C(C)c1ccc(OC)cc1. The third kappa shape index (κ3) is 3.11. The molecule has 0 saturated carbocycles. The first-order chi connectivity index (χ1) is 9.67. The van der Waals surface area contributed by atoms with Gasteiger partial charge in [0.25, 0.3) is 0 Å². The molecule has 5 heteroatoms. The van der Waals surface area contributed by atoms with E-state index in [4.69, 9.17) is 4.74 Å². The lowest BCUT2D eigenvalue weighted by atomic mass is 10.0. The summed E-state index contributed by atoms with van der Waals surface area (Å²) in [6.07, 6.45) is 0. The highest BCUT2D eigenvalue weighted by Gasteiger charge is 2.31. The minimum absolute atomic E-state index is 0.0672. The van der Waals surface area contributed by atoms with Crippen LogP contribution in [0.4, 0.5) is 0 Å². The summed E-state index contributed by atoms with van der Waals surface area (Å²) < 4.78 is 5.18. The number of rotatable bonds is 4. The fourth-order valence-electron chi connectivity index (χ4n) is 2.67. The standard InChI is InChI=1S/C15H23N3O2/c1-11(12-4-6-13(20-3)7-5-12)18-9-8-17-10-14(18)15(19)16-2/h4-7,11,14,17H,8-10H2,1-3H3,(H,16,19). The Morgan fingerprint density at radius 1 is 1.45 bits per heavy atom. The molecule has 1 aromatic carbocycles. The Kier molecular flexibility index (Phi) is 4.98. The maximum atomic E-state index is 12.0. The van der Waals surface area contributed by atoms with Crippen LogP contribution in [0.2, 0.25) is 0 Å². The number of nitrogens with one attached hydrogen (secondary N) is 2. The van der Waals surface area contributed by atoms with Crippen LogP contribution < -0.4 is 15.4 Å². The van der Waals surface area contributed by atoms with E-state index in [0.29, 0.717) is 6.54 Å². The van der Waals surface area contributed by atoms with Gasteiger partial charge in [0.2, 0.25) is 5.91 Å². The van der Waals surface area contributed by atoms with Gasteiger partial charge in [0, 0.05) is 32.7 Å². The number of hydrogen-bond acceptors (Lipinski definition) is 4. The molecule has 2 unspecified atom stereocenters. The number of benzene rings is 1. The molecule has 1 heterocycles. The molecule has 2 atom stereocenters. The highest BCUT2D eigenvalue weighted by molar-refractivity contribution is 5.81. The number of carbonyl (C=O) groups excluding carboxylic acids is 1. The average Bonchev–Trinajstić information content (AvgIpc) is 2.53. The van der Waals surface area contributed by atoms with Crippen LogP contribution in [0, 0.1) is 0 Å². The number of likely N-dealkylation sites (N-methyl/N-ethyl adjacent to an activating group) is 1. The van der Waals surface area contributed by atoms with Crippen molar-refractivity contribution in [2.24, 2.45) is 0 Å². The second kappa shape index (κ2) is 6.72. The van der Waals surface area contributed by atoms with Crippen molar-refractivity contribution >= 4 is 5.91 Å². The third-order valence-corrected chi connectivity index (χ3v) is 3.93. The Hall–Kier alpha value is -1.59. The summed E-state index contributed by atoms with van der Waals surface area (Å²) in [4.78, 5) is 14.2. The Labute approximate surface area is 120 Å². The number of nitrogens with zero attached hydrogens (tertiary/aromatic N) is 1. The van der Waals surface area contributed by atoms with E-state index in [1.54, 1.807) is 14.2 Å². The van der Waals surface area contributed by atoms with Crippen LogP contribution >= 0.6 is 0 Å². The number of methoxy groups -OCH3 is 1. The van der Waals surface area contributed by atoms with Crippen LogP contribution in [0.3, 0.4) is 0 Å². The Morgan fingerprint density at radius 2 is 2.15 bits per heavy atom. The summed E-state index contributed by atoms with van der Waals surface area (Å²) >= 11 is 0. The summed E-state index contributed by atoms with van der Waals surface area (Å²) in [5, 5.41) is 6.03. The number of carbonyl (C=O) groups is 1. The van der Waals surface area contributed by atoms with E-state index in [-0.39, 0.29) is 18.0 Å². The van der Waals surface area contributed by atoms with Crippen LogP contribution in [0.5, 0.6) is 5.75 Å². The molecular formula is C15H23N3O2. The van der Waals surface area contributed by atoms with E-state index in [0.717, 1.165) is 18.8 Å². The third-order valence-electron chi connectivity index (χ3n) is 3.93. The molecule has 110 valence electrons. The van der Waals surface area contributed by atoms with Gasteiger partial charge in [-0.25, -0.2) is 0 Å². The van der Waals surface area contributed by atoms with E-state index in [2.05, 4.69) is 34.6 Å². The fraction of sp³-hybridized carbons (Fsp3) is 0.533. The average molecular weight is 277 g/mol. The smallest absolute Gasteiger partial charge is 0.238 e. The lowest BCUT2D eigenvalue weighted by molar-refractivity contribution is -0.127. The van der Waals surface area contributed by atoms with Crippen molar-refractivity contribution in [1.82, 2.24) is 15.5 Å². The number of amides is 1. The van der Waals surface area contributed by atoms with Gasteiger partial charge in [-0.05, 0) is 24.6 Å². The highest BCUT2D eigenvalue weighted by atomic mass is 16.5. The predicted octanol–water partition coefficient (Wildman–Crippen LogP) is 0.776. The molecule has 1 aromatic rings. The fourth-order valence-corrected chi connectivity index (χ4v) is 2.67. The van der Waals surface area contributed by atoms with Gasteiger partial charge in [0.1, 0.15) is 11.8 Å². The minimum atomic E-state index is -0.120. The molecule has 2 rings (SSSR count). The van der Waals surface area contributed by atoms with Crippen LogP contribution in [0.1, 0.15) is 18.5 Å². The largest absolute Gasteiger partial charge is 0.497 e. The van der Waals surface area contributed by atoms with Crippen LogP contribution in [0.15, 0.2) is 24.3 Å². The lowest BCUT2D eigenvalue weighted by Gasteiger charge is -2.39. The van der Waals surface area contributed by atoms with Gasteiger partial charge >= 0.3 is 0 Å². The molecule has 0 radical (unpaired) electrons. The molecule has 1 saturated heterocycles. The van der Waals surface area contributed by atoms with Crippen LogP contribution in [0.25, 0.3) is 0 Å². The van der Waals surface area contributed by atoms with Crippen molar-refractivity contribution in [1.29, 1.82) is 0 Å². The molecule has 0 spiro atoms. The van der Waals surface area contributed by atoms with Gasteiger partial charge in [0.15, 0.2) is 0 Å². The van der Waals surface area contributed by atoms with E-state index in [1.807, 2.05) is 12.1 Å². The monoisotopic (exact) mass is 277 g/mol. The number of hydrogen-bond donors (Lipinski definition) is 2. The zero-order chi connectivity index (χ0) is 14.5. The molecule has 1 fully saturated rings. The first-order valence-electron chi connectivity index (χ1n) is 6.99. The summed E-state index contributed by atoms with van der Waals surface area (Å²) in [6, 6.07) is 8.13. The maximum Gasteiger partial charge on any atom is 0.238 e. The lowest BCUT2D eigenvalue weighted by Crippen LogP contribution is -2.57. The van der Waals surface area contributed by atoms with Crippen molar-refractivity contribution in [2.45, 2.75) is 19.0 Å². The molecule has 2 N–H and O–H groups in total. The van der Waals surface area contributed by atoms with Crippen molar-refractivity contribution in [3.63, 3.8) is 0 Å². The molecule has 20 heavy (non-hydrogen) atoms. The molecule has 0 bridgehead atoms. The Morgan fingerprint density at radius 3 is 2.75 bits per heavy atom. The van der Waals surface area contributed by atoms with Gasteiger partial charge in [0.05, 0.1) is 7.11 Å². The van der Waals surface area contributed by atoms with Crippen molar-refractivity contribution < 1.29 is 9.53 Å².